The molecule has 2 aromatic carbocycles. The average Bonchev–Trinajstić information content (AvgIpc) is 2.51. The van der Waals surface area contributed by atoms with E-state index in [4.69, 9.17) is 0 Å². The molecule has 0 fully saturated rings. The van der Waals surface area contributed by atoms with Gasteiger partial charge in [0.2, 0.25) is 5.91 Å². The predicted molar refractivity (Wildman–Crippen MR) is 86.8 cm³/mol. The molecule has 3 nitrogen and oxygen atoms in total. The quantitative estimate of drug-likeness (QED) is 0.655. The maximum atomic E-state index is 13.2. The summed E-state index contributed by atoms with van der Waals surface area (Å²) in [5, 5.41) is 2.15. The van der Waals surface area contributed by atoms with Gasteiger partial charge in [0.25, 0.3) is 0 Å². The first-order valence-corrected chi connectivity index (χ1v) is 7.79. The molecule has 0 aliphatic rings. The van der Waals surface area contributed by atoms with Crippen LogP contribution in [0, 0.1) is 11.6 Å². The average molecular weight is 335 g/mol. The summed E-state index contributed by atoms with van der Waals surface area (Å²) < 4.78 is 26.1. The van der Waals surface area contributed by atoms with E-state index in [-0.39, 0.29) is 11.7 Å². The first-order valence-electron chi connectivity index (χ1n) is 6.91. The van der Waals surface area contributed by atoms with Crippen LogP contribution >= 0.6 is 11.8 Å². The van der Waals surface area contributed by atoms with Gasteiger partial charge in [-0.3, -0.25) is 9.59 Å². The van der Waals surface area contributed by atoms with E-state index in [9.17, 15) is 18.4 Å². The van der Waals surface area contributed by atoms with Crippen molar-refractivity contribution in [3.63, 3.8) is 0 Å². The second kappa shape index (κ2) is 7.37. The van der Waals surface area contributed by atoms with Gasteiger partial charge in [-0.15, -0.1) is 11.8 Å². The largest absolute Gasteiger partial charge is 0.324 e. The second-order valence-electron chi connectivity index (χ2n) is 4.93. The summed E-state index contributed by atoms with van der Waals surface area (Å²) in [6.45, 7) is 3.07. The summed E-state index contributed by atoms with van der Waals surface area (Å²) in [5.41, 5.74) is 0.855. The van der Waals surface area contributed by atoms with E-state index in [0.29, 0.717) is 16.1 Å². The monoisotopic (exact) mass is 335 g/mol. The topological polar surface area (TPSA) is 46.2 Å². The van der Waals surface area contributed by atoms with Crippen LogP contribution in [0.3, 0.4) is 0 Å². The Morgan fingerprint density at radius 3 is 2.43 bits per heavy atom. The molecule has 0 saturated carbocycles. The molecule has 23 heavy (non-hydrogen) atoms. The molecule has 6 heteroatoms. The Balaban J connectivity index is 2.08. The van der Waals surface area contributed by atoms with E-state index in [1.165, 1.54) is 13.0 Å². The molecule has 0 aliphatic carbocycles. The van der Waals surface area contributed by atoms with Gasteiger partial charge in [-0.25, -0.2) is 8.78 Å². The van der Waals surface area contributed by atoms with Crippen molar-refractivity contribution < 1.29 is 18.4 Å². The SMILES string of the molecule is CC(=O)c1ccccc1NC(=O)C(C)Sc1ccc(F)c(F)c1. The van der Waals surface area contributed by atoms with Crippen molar-refractivity contribution in [2.45, 2.75) is 24.0 Å². The van der Waals surface area contributed by atoms with E-state index < -0.39 is 16.9 Å². The summed E-state index contributed by atoms with van der Waals surface area (Å²) in [5.74, 6) is -2.36. The number of ketones is 1. The van der Waals surface area contributed by atoms with Crippen molar-refractivity contribution >= 4 is 29.1 Å². The zero-order valence-electron chi connectivity index (χ0n) is 12.6. The number of para-hydroxylation sites is 1. The molecule has 0 radical (unpaired) electrons. The Morgan fingerprint density at radius 1 is 1.09 bits per heavy atom. The van der Waals surface area contributed by atoms with Crippen LogP contribution in [0.4, 0.5) is 14.5 Å². The molecule has 0 spiro atoms. The van der Waals surface area contributed by atoms with Gasteiger partial charge in [-0.05, 0) is 44.2 Å². The number of carbonyl (C=O) groups excluding carboxylic acids is 2. The number of thioether (sulfide) groups is 1. The lowest BCUT2D eigenvalue weighted by molar-refractivity contribution is -0.115. The minimum atomic E-state index is -0.954. The Bertz CT molecular complexity index is 749. The first-order chi connectivity index (χ1) is 10.9. The number of carbonyl (C=O) groups is 2. The number of Topliss-reactive ketones (excluding diaryl/α,β-unsaturated/α-hetero) is 1. The first kappa shape index (κ1) is 17.1. The summed E-state index contributed by atoms with van der Waals surface area (Å²) in [6, 6.07) is 10.2. The summed E-state index contributed by atoms with van der Waals surface area (Å²) in [6.07, 6.45) is 0. The van der Waals surface area contributed by atoms with Crippen molar-refractivity contribution in [2.24, 2.45) is 0 Å². The predicted octanol–water partition coefficient (Wildman–Crippen LogP) is 4.29. The highest BCUT2D eigenvalue weighted by molar-refractivity contribution is 8.00. The van der Waals surface area contributed by atoms with E-state index in [1.807, 2.05) is 0 Å². The highest BCUT2D eigenvalue weighted by Gasteiger charge is 2.17. The minimum Gasteiger partial charge on any atom is -0.324 e. The molecule has 0 aliphatic heterocycles. The van der Waals surface area contributed by atoms with Gasteiger partial charge < -0.3 is 5.32 Å². The molecule has 1 unspecified atom stereocenters. The molecular formula is C17H15F2NO2S. The number of amides is 1. The number of rotatable bonds is 5. The van der Waals surface area contributed by atoms with Gasteiger partial charge in [-0.1, -0.05) is 12.1 Å². The molecule has 0 saturated heterocycles. The fourth-order valence-corrected chi connectivity index (χ4v) is 2.83. The number of benzene rings is 2. The standard InChI is InChI=1S/C17H15F2NO2S/c1-10(21)13-5-3-4-6-16(13)20-17(22)11(2)23-12-7-8-14(18)15(19)9-12/h3-9,11H,1-2H3,(H,20,22). The van der Waals surface area contributed by atoms with E-state index in [2.05, 4.69) is 5.32 Å². The normalized spacial score (nSPS) is 11.8. The molecule has 0 aromatic heterocycles. The van der Waals surface area contributed by atoms with Crippen molar-refractivity contribution in [1.82, 2.24) is 0 Å². The number of hydrogen-bond donors (Lipinski definition) is 1. The zero-order chi connectivity index (χ0) is 17.0. The van der Waals surface area contributed by atoms with Crippen LogP contribution in [0.25, 0.3) is 0 Å². The van der Waals surface area contributed by atoms with Gasteiger partial charge in [0.15, 0.2) is 17.4 Å². The van der Waals surface area contributed by atoms with E-state index >= 15 is 0 Å². The second-order valence-corrected chi connectivity index (χ2v) is 6.34. The van der Waals surface area contributed by atoms with Crippen molar-refractivity contribution in [3.05, 3.63) is 59.7 Å². The lowest BCUT2D eigenvalue weighted by Gasteiger charge is -2.14. The smallest absolute Gasteiger partial charge is 0.237 e. The highest BCUT2D eigenvalue weighted by atomic mass is 32.2. The Labute approximate surface area is 137 Å². The van der Waals surface area contributed by atoms with Crippen molar-refractivity contribution in [3.8, 4) is 0 Å². The molecular weight excluding hydrogens is 320 g/mol. The lowest BCUT2D eigenvalue weighted by Crippen LogP contribution is -2.23. The van der Waals surface area contributed by atoms with Crippen LogP contribution in [-0.2, 0) is 4.79 Å². The van der Waals surface area contributed by atoms with Gasteiger partial charge in [0.05, 0.1) is 10.9 Å². The van der Waals surface area contributed by atoms with Crippen molar-refractivity contribution in [1.29, 1.82) is 0 Å². The van der Waals surface area contributed by atoms with Crippen LogP contribution in [-0.4, -0.2) is 16.9 Å². The molecule has 120 valence electrons. The van der Waals surface area contributed by atoms with Gasteiger partial charge >= 0.3 is 0 Å². The fraction of sp³-hybridized carbons (Fsp3) is 0.176. The minimum absolute atomic E-state index is 0.151. The number of anilines is 1. The Morgan fingerprint density at radius 2 is 1.78 bits per heavy atom. The number of nitrogens with one attached hydrogen (secondary N) is 1. The van der Waals surface area contributed by atoms with Crippen molar-refractivity contribution in [2.75, 3.05) is 5.32 Å². The number of hydrogen-bond acceptors (Lipinski definition) is 3. The van der Waals surface area contributed by atoms with E-state index in [0.717, 1.165) is 23.9 Å². The lowest BCUT2D eigenvalue weighted by atomic mass is 10.1. The molecule has 0 heterocycles. The molecule has 1 atom stereocenters. The zero-order valence-corrected chi connectivity index (χ0v) is 13.4. The third-order valence-electron chi connectivity index (χ3n) is 3.14. The van der Waals surface area contributed by atoms with Crippen LogP contribution in [0.2, 0.25) is 0 Å². The maximum Gasteiger partial charge on any atom is 0.237 e. The van der Waals surface area contributed by atoms with Gasteiger partial charge in [0.1, 0.15) is 0 Å². The van der Waals surface area contributed by atoms with Gasteiger partial charge in [-0.2, -0.15) is 0 Å². The maximum absolute atomic E-state index is 13.2. The molecule has 2 rings (SSSR count). The molecule has 1 N–H and O–H groups in total. The summed E-state index contributed by atoms with van der Waals surface area (Å²) >= 11 is 1.10. The molecule has 2 aromatic rings. The van der Waals surface area contributed by atoms with Crippen LogP contribution in [0.5, 0.6) is 0 Å². The highest BCUT2D eigenvalue weighted by Crippen LogP contribution is 2.26. The molecule has 1 amide bonds. The van der Waals surface area contributed by atoms with Gasteiger partial charge in [0, 0.05) is 10.5 Å². The third kappa shape index (κ3) is 4.39. The fourth-order valence-electron chi connectivity index (χ4n) is 1.94. The van der Waals surface area contributed by atoms with Crippen LogP contribution < -0.4 is 5.32 Å². The molecule has 0 bridgehead atoms. The number of halogens is 2. The van der Waals surface area contributed by atoms with Crippen LogP contribution in [0.15, 0.2) is 47.4 Å². The van der Waals surface area contributed by atoms with E-state index in [1.54, 1.807) is 31.2 Å². The summed E-state index contributed by atoms with van der Waals surface area (Å²) in [4.78, 5) is 24.2. The Hall–Kier alpha value is -2.21. The van der Waals surface area contributed by atoms with Crippen LogP contribution in [0.1, 0.15) is 24.2 Å². The third-order valence-corrected chi connectivity index (χ3v) is 4.23. The summed E-state index contributed by atoms with van der Waals surface area (Å²) in [7, 11) is 0. The Kier molecular flexibility index (Phi) is 5.50.